The van der Waals surface area contributed by atoms with Crippen LogP contribution in [-0.4, -0.2) is 30.7 Å². The number of rotatable bonds is 5. The molecule has 1 saturated heterocycles. The normalized spacial score (nSPS) is 25.8. The Morgan fingerprint density at radius 1 is 1.54 bits per heavy atom. The second kappa shape index (κ2) is 6.35. The van der Waals surface area contributed by atoms with Crippen molar-refractivity contribution in [1.29, 1.82) is 0 Å². The molecule has 2 atom stereocenters. The van der Waals surface area contributed by atoms with Crippen LogP contribution in [-0.2, 0) is 9.47 Å². The molecule has 13 heavy (non-hydrogen) atoms. The van der Waals surface area contributed by atoms with E-state index in [0.717, 1.165) is 32.3 Å². The van der Waals surface area contributed by atoms with Crippen LogP contribution in [0.1, 0.15) is 39.0 Å². The first-order valence-corrected chi connectivity index (χ1v) is 5.24. The fourth-order valence-electron chi connectivity index (χ4n) is 1.48. The average molecular weight is 188 g/mol. The lowest BCUT2D eigenvalue weighted by atomic mass is 10.2. The van der Waals surface area contributed by atoms with Gasteiger partial charge in [-0.25, -0.2) is 0 Å². The van der Waals surface area contributed by atoms with Crippen LogP contribution in [0.15, 0.2) is 0 Å². The van der Waals surface area contributed by atoms with Crippen molar-refractivity contribution in [1.82, 2.24) is 0 Å². The maximum atomic E-state index is 9.40. The molecule has 0 aromatic carbocycles. The van der Waals surface area contributed by atoms with E-state index >= 15 is 0 Å². The summed E-state index contributed by atoms with van der Waals surface area (Å²) < 4.78 is 10.8. The molecule has 0 aromatic heterocycles. The lowest BCUT2D eigenvalue weighted by Gasteiger charge is -2.23. The van der Waals surface area contributed by atoms with E-state index in [9.17, 15) is 5.11 Å². The smallest absolute Gasteiger partial charge is 0.157 e. The van der Waals surface area contributed by atoms with Gasteiger partial charge in [-0.15, -0.1) is 0 Å². The second-order valence-electron chi connectivity index (χ2n) is 3.57. The van der Waals surface area contributed by atoms with Crippen LogP contribution in [0, 0.1) is 0 Å². The zero-order chi connectivity index (χ0) is 9.52. The lowest BCUT2D eigenvalue weighted by molar-refractivity contribution is -0.175. The summed E-state index contributed by atoms with van der Waals surface area (Å²) in [5, 5.41) is 9.40. The Morgan fingerprint density at radius 2 is 2.38 bits per heavy atom. The molecule has 0 spiro atoms. The first-order valence-electron chi connectivity index (χ1n) is 5.24. The monoisotopic (exact) mass is 188 g/mol. The first-order chi connectivity index (χ1) is 6.33. The molecule has 0 aliphatic carbocycles. The molecule has 1 aliphatic heterocycles. The van der Waals surface area contributed by atoms with Crippen molar-refractivity contribution in [3.05, 3.63) is 0 Å². The standard InChI is InChI=1S/C10H20O3/c1-2-5-9(11)8-13-10-6-3-4-7-12-10/h9-11H,2-8H2,1H3/t9-,10?/m0/s1. The zero-order valence-corrected chi connectivity index (χ0v) is 8.37. The quantitative estimate of drug-likeness (QED) is 0.713. The third-order valence-electron chi connectivity index (χ3n) is 2.23. The number of aliphatic hydroxyl groups excluding tert-OH is 1. The van der Waals surface area contributed by atoms with Crippen LogP contribution in [0.5, 0.6) is 0 Å². The summed E-state index contributed by atoms with van der Waals surface area (Å²) in [4.78, 5) is 0. The zero-order valence-electron chi connectivity index (χ0n) is 8.37. The number of hydrogen-bond acceptors (Lipinski definition) is 3. The molecule has 0 radical (unpaired) electrons. The van der Waals surface area contributed by atoms with Gasteiger partial charge in [0, 0.05) is 6.61 Å². The molecule has 0 aromatic rings. The summed E-state index contributed by atoms with van der Waals surface area (Å²) in [6, 6.07) is 0. The van der Waals surface area contributed by atoms with E-state index in [1.165, 1.54) is 6.42 Å². The van der Waals surface area contributed by atoms with Crippen LogP contribution >= 0.6 is 0 Å². The Balaban J connectivity index is 2.03. The predicted molar refractivity (Wildman–Crippen MR) is 50.5 cm³/mol. The van der Waals surface area contributed by atoms with Crippen molar-refractivity contribution in [3.63, 3.8) is 0 Å². The summed E-state index contributed by atoms with van der Waals surface area (Å²) in [6.07, 6.45) is 4.70. The van der Waals surface area contributed by atoms with Gasteiger partial charge in [0.2, 0.25) is 0 Å². The third kappa shape index (κ3) is 4.60. The van der Waals surface area contributed by atoms with Gasteiger partial charge >= 0.3 is 0 Å². The molecule has 1 heterocycles. The topological polar surface area (TPSA) is 38.7 Å². The summed E-state index contributed by atoms with van der Waals surface area (Å²) in [5.41, 5.74) is 0. The van der Waals surface area contributed by atoms with Gasteiger partial charge < -0.3 is 14.6 Å². The molecule has 0 bridgehead atoms. The summed E-state index contributed by atoms with van der Waals surface area (Å²) >= 11 is 0. The highest BCUT2D eigenvalue weighted by molar-refractivity contribution is 4.57. The van der Waals surface area contributed by atoms with E-state index in [2.05, 4.69) is 6.92 Å². The van der Waals surface area contributed by atoms with Gasteiger partial charge in [-0.1, -0.05) is 13.3 Å². The molecule has 3 nitrogen and oxygen atoms in total. The minimum absolute atomic E-state index is 0.0692. The minimum Gasteiger partial charge on any atom is -0.391 e. The van der Waals surface area contributed by atoms with Crippen molar-refractivity contribution in [2.75, 3.05) is 13.2 Å². The van der Waals surface area contributed by atoms with Gasteiger partial charge in [0.1, 0.15) is 0 Å². The second-order valence-corrected chi connectivity index (χ2v) is 3.57. The highest BCUT2D eigenvalue weighted by Crippen LogP contribution is 2.14. The van der Waals surface area contributed by atoms with E-state index in [1.807, 2.05) is 0 Å². The van der Waals surface area contributed by atoms with Gasteiger partial charge in [0.25, 0.3) is 0 Å². The number of hydrogen-bond donors (Lipinski definition) is 1. The summed E-state index contributed by atoms with van der Waals surface area (Å²) in [7, 11) is 0. The van der Waals surface area contributed by atoms with Gasteiger partial charge in [-0.05, 0) is 25.7 Å². The largest absolute Gasteiger partial charge is 0.391 e. The minimum atomic E-state index is -0.324. The molecule has 78 valence electrons. The van der Waals surface area contributed by atoms with Gasteiger partial charge in [0.05, 0.1) is 12.7 Å². The molecule has 1 rings (SSSR count). The SMILES string of the molecule is CCC[C@H](O)COC1CCCCO1. The Bertz CT molecular complexity index is 121. The van der Waals surface area contributed by atoms with Crippen LogP contribution in [0.4, 0.5) is 0 Å². The van der Waals surface area contributed by atoms with Crippen molar-refractivity contribution in [3.8, 4) is 0 Å². The molecule has 1 unspecified atom stereocenters. The highest BCUT2D eigenvalue weighted by atomic mass is 16.7. The van der Waals surface area contributed by atoms with Crippen molar-refractivity contribution >= 4 is 0 Å². The fourth-order valence-corrected chi connectivity index (χ4v) is 1.48. The molecule has 3 heteroatoms. The Morgan fingerprint density at radius 3 is 3.00 bits per heavy atom. The molecule has 1 N–H and O–H groups in total. The average Bonchev–Trinajstić information content (AvgIpc) is 2.17. The number of ether oxygens (including phenoxy) is 2. The maximum Gasteiger partial charge on any atom is 0.157 e. The van der Waals surface area contributed by atoms with Crippen LogP contribution < -0.4 is 0 Å². The van der Waals surface area contributed by atoms with E-state index in [-0.39, 0.29) is 12.4 Å². The predicted octanol–water partition coefficient (Wildman–Crippen LogP) is 1.69. The fraction of sp³-hybridized carbons (Fsp3) is 1.00. The van der Waals surface area contributed by atoms with Crippen molar-refractivity contribution in [2.24, 2.45) is 0 Å². The van der Waals surface area contributed by atoms with Crippen LogP contribution in [0.3, 0.4) is 0 Å². The van der Waals surface area contributed by atoms with E-state index in [1.54, 1.807) is 0 Å². The molecule has 1 fully saturated rings. The van der Waals surface area contributed by atoms with Gasteiger partial charge in [-0.2, -0.15) is 0 Å². The summed E-state index contributed by atoms with van der Waals surface area (Å²) in [6.45, 7) is 3.27. The maximum absolute atomic E-state index is 9.40. The Labute approximate surface area is 80.0 Å². The van der Waals surface area contributed by atoms with Crippen molar-refractivity contribution < 1.29 is 14.6 Å². The first kappa shape index (κ1) is 11.0. The third-order valence-corrected chi connectivity index (χ3v) is 2.23. The molecular formula is C10H20O3. The Kier molecular flexibility index (Phi) is 5.35. The lowest BCUT2D eigenvalue weighted by Crippen LogP contribution is -2.26. The van der Waals surface area contributed by atoms with Gasteiger partial charge in [0.15, 0.2) is 6.29 Å². The molecule has 1 aliphatic rings. The molecule has 0 saturated carbocycles. The van der Waals surface area contributed by atoms with Gasteiger partial charge in [-0.3, -0.25) is 0 Å². The number of aliphatic hydroxyl groups is 1. The Hall–Kier alpha value is -0.120. The van der Waals surface area contributed by atoms with Crippen LogP contribution in [0.2, 0.25) is 0 Å². The van der Waals surface area contributed by atoms with E-state index < -0.39 is 0 Å². The van der Waals surface area contributed by atoms with E-state index in [4.69, 9.17) is 9.47 Å². The highest BCUT2D eigenvalue weighted by Gasteiger charge is 2.15. The molecular weight excluding hydrogens is 168 g/mol. The molecule has 0 amide bonds. The van der Waals surface area contributed by atoms with Crippen LogP contribution in [0.25, 0.3) is 0 Å². The van der Waals surface area contributed by atoms with Crippen molar-refractivity contribution in [2.45, 2.75) is 51.4 Å². The summed E-state index contributed by atoms with van der Waals surface area (Å²) in [5.74, 6) is 0. The van der Waals surface area contributed by atoms with E-state index in [0.29, 0.717) is 6.61 Å².